The van der Waals surface area contributed by atoms with E-state index in [1.165, 1.54) is 24.5 Å². The van der Waals surface area contributed by atoms with Crippen molar-refractivity contribution in [3.8, 4) is 6.07 Å². The lowest BCUT2D eigenvalue weighted by Crippen LogP contribution is -2.38. The fourth-order valence-electron chi connectivity index (χ4n) is 3.12. The SMILES string of the molecule is N#CCCN1CCC(C(=O)Nc2ccc(S(=O)(=O)Nc3ncccn3)cc2)CC1. The minimum Gasteiger partial charge on any atom is -0.326 e. The zero-order valence-electron chi connectivity index (χ0n) is 15.8. The first kappa shape index (κ1) is 20.7. The molecule has 29 heavy (non-hydrogen) atoms. The van der Waals surface area contributed by atoms with Crippen LogP contribution in [-0.4, -0.2) is 48.8 Å². The second kappa shape index (κ2) is 9.45. The van der Waals surface area contributed by atoms with Crippen molar-refractivity contribution in [2.45, 2.75) is 24.2 Å². The molecule has 152 valence electrons. The van der Waals surface area contributed by atoms with Crippen LogP contribution in [0.15, 0.2) is 47.6 Å². The number of sulfonamides is 1. The summed E-state index contributed by atoms with van der Waals surface area (Å²) in [6, 6.07) is 9.68. The third-order valence-electron chi connectivity index (χ3n) is 4.72. The Morgan fingerprint density at radius 1 is 1.17 bits per heavy atom. The number of benzene rings is 1. The van der Waals surface area contributed by atoms with Crippen molar-refractivity contribution in [1.82, 2.24) is 14.9 Å². The van der Waals surface area contributed by atoms with E-state index in [9.17, 15) is 13.2 Å². The van der Waals surface area contributed by atoms with Gasteiger partial charge >= 0.3 is 0 Å². The smallest absolute Gasteiger partial charge is 0.264 e. The minimum absolute atomic E-state index is 0.00834. The van der Waals surface area contributed by atoms with Gasteiger partial charge in [0.15, 0.2) is 0 Å². The number of hydrogen-bond acceptors (Lipinski definition) is 7. The maximum atomic E-state index is 12.5. The van der Waals surface area contributed by atoms with Crippen molar-refractivity contribution in [2.75, 3.05) is 29.7 Å². The Balaban J connectivity index is 1.55. The molecule has 9 nitrogen and oxygen atoms in total. The molecule has 1 saturated heterocycles. The third-order valence-corrected chi connectivity index (χ3v) is 6.07. The third kappa shape index (κ3) is 5.73. The van der Waals surface area contributed by atoms with E-state index < -0.39 is 10.0 Å². The molecular weight excluding hydrogens is 392 g/mol. The van der Waals surface area contributed by atoms with Crippen LogP contribution < -0.4 is 10.0 Å². The average Bonchev–Trinajstić information content (AvgIpc) is 2.73. The van der Waals surface area contributed by atoms with E-state index in [-0.39, 0.29) is 22.7 Å². The second-order valence-electron chi connectivity index (χ2n) is 6.72. The number of carbonyl (C=O) groups is 1. The summed E-state index contributed by atoms with van der Waals surface area (Å²) in [5.41, 5.74) is 0.539. The Morgan fingerprint density at radius 2 is 1.83 bits per heavy atom. The number of nitrogens with one attached hydrogen (secondary N) is 2. The molecule has 1 aromatic heterocycles. The van der Waals surface area contributed by atoms with Crippen LogP contribution in [-0.2, 0) is 14.8 Å². The fourth-order valence-corrected chi connectivity index (χ4v) is 4.08. The molecule has 2 heterocycles. The normalized spacial score (nSPS) is 15.4. The molecule has 3 rings (SSSR count). The molecule has 0 atom stereocenters. The molecule has 1 aliphatic heterocycles. The van der Waals surface area contributed by atoms with Gasteiger partial charge in [0.05, 0.1) is 11.0 Å². The molecule has 1 aromatic carbocycles. The molecule has 1 amide bonds. The summed E-state index contributed by atoms with van der Waals surface area (Å²) in [5.74, 6) is -0.170. The maximum absolute atomic E-state index is 12.5. The molecule has 1 fully saturated rings. The van der Waals surface area contributed by atoms with Crippen molar-refractivity contribution in [3.63, 3.8) is 0 Å². The second-order valence-corrected chi connectivity index (χ2v) is 8.40. The summed E-state index contributed by atoms with van der Waals surface area (Å²) < 4.78 is 27.1. The molecule has 0 aliphatic carbocycles. The molecule has 0 spiro atoms. The van der Waals surface area contributed by atoms with Crippen LogP contribution in [0.2, 0.25) is 0 Å². The lowest BCUT2D eigenvalue weighted by Gasteiger charge is -2.30. The summed E-state index contributed by atoms with van der Waals surface area (Å²) in [4.78, 5) is 22.4. The number of hydrogen-bond donors (Lipinski definition) is 2. The number of piperidine rings is 1. The van der Waals surface area contributed by atoms with E-state index in [0.29, 0.717) is 12.1 Å². The Labute approximate surface area is 169 Å². The fraction of sp³-hybridized carbons (Fsp3) is 0.368. The van der Waals surface area contributed by atoms with Crippen LogP contribution >= 0.6 is 0 Å². The zero-order valence-corrected chi connectivity index (χ0v) is 16.6. The Kier molecular flexibility index (Phi) is 6.74. The van der Waals surface area contributed by atoms with E-state index in [2.05, 4.69) is 31.0 Å². The largest absolute Gasteiger partial charge is 0.326 e. The van der Waals surface area contributed by atoms with Crippen LogP contribution in [0, 0.1) is 17.2 Å². The van der Waals surface area contributed by atoms with Gasteiger partial charge in [-0.3, -0.25) is 4.79 Å². The highest BCUT2D eigenvalue weighted by Crippen LogP contribution is 2.21. The number of carbonyl (C=O) groups excluding carboxylic acids is 1. The first-order chi connectivity index (χ1) is 14.0. The number of aromatic nitrogens is 2. The predicted octanol–water partition coefficient (Wildman–Crippen LogP) is 1.84. The van der Waals surface area contributed by atoms with Gasteiger partial charge in [-0.2, -0.15) is 5.26 Å². The molecule has 2 aromatic rings. The highest BCUT2D eigenvalue weighted by molar-refractivity contribution is 7.92. The number of nitriles is 1. The summed E-state index contributed by atoms with van der Waals surface area (Å²) in [7, 11) is -3.81. The van der Waals surface area contributed by atoms with Crippen LogP contribution in [0.5, 0.6) is 0 Å². The Bertz CT molecular complexity index is 965. The van der Waals surface area contributed by atoms with Crippen LogP contribution in [0.3, 0.4) is 0 Å². The van der Waals surface area contributed by atoms with Gasteiger partial charge in [-0.05, 0) is 56.3 Å². The van der Waals surface area contributed by atoms with E-state index in [4.69, 9.17) is 5.26 Å². The van der Waals surface area contributed by atoms with Crippen molar-refractivity contribution >= 4 is 27.6 Å². The van der Waals surface area contributed by atoms with E-state index in [1.807, 2.05) is 0 Å². The van der Waals surface area contributed by atoms with E-state index >= 15 is 0 Å². The number of likely N-dealkylation sites (tertiary alicyclic amines) is 1. The van der Waals surface area contributed by atoms with Crippen LogP contribution in [0.4, 0.5) is 11.6 Å². The molecule has 2 N–H and O–H groups in total. The van der Waals surface area contributed by atoms with Gasteiger partial charge in [-0.25, -0.2) is 23.1 Å². The maximum Gasteiger partial charge on any atom is 0.264 e. The lowest BCUT2D eigenvalue weighted by molar-refractivity contribution is -0.121. The predicted molar refractivity (Wildman–Crippen MR) is 107 cm³/mol. The molecular formula is C19H22N6O3S. The molecule has 10 heteroatoms. The first-order valence-electron chi connectivity index (χ1n) is 9.28. The zero-order chi connectivity index (χ0) is 20.7. The highest BCUT2D eigenvalue weighted by Gasteiger charge is 2.25. The molecule has 0 bridgehead atoms. The quantitative estimate of drug-likeness (QED) is 0.707. The van der Waals surface area contributed by atoms with Gasteiger partial charge in [-0.1, -0.05) is 0 Å². The number of anilines is 2. The topological polar surface area (TPSA) is 128 Å². The first-order valence-corrected chi connectivity index (χ1v) is 10.8. The number of nitrogens with zero attached hydrogens (tertiary/aromatic N) is 4. The lowest BCUT2D eigenvalue weighted by atomic mass is 9.95. The Morgan fingerprint density at radius 3 is 2.45 bits per heavy atom. The number of amides is 1. The van der Waals surface area contributed by atoms with Gasteiger partial charge < -0.3 is 10.2 Å². The van der Waals surface area contributed by atoms with Gasteiger partial charge in [0.1, 0.15) is 0 Å². The van der Waals surface area contributed by atoms with Gasteiger partial charge in [0, 0.05) is 37.0 Å². The summed E-state index contributed by atoms with van der Waals surface area (Å²) in [6.07, 6.45) is 4.86. The monoisotopic (exact) mass is 414 g/mol. The van der Waals surface area contributed by atoms with E-state index in [0.717, 1.165) is 32.5 Å². The van der Waals surface area contributed by atoms with E-state index in [1.54, 1.807) is 18.2 Å². The molecule has 0 unspecified atom stereocenters. The van der Waals surface area contributed by atoms with Crippen molar-refractivity contribution in [1.29, 1.82) is 5.26 Å². The molecule has 0 saturated carbocycles. The number of rotatable bonds is 7. The van der Waals surface area contributed by atoms with Crippen molar-refractivity contribution < 1.29 is 13.2 Å². The Hall–Kier alpha value is -3.03. The summed E-state index contributed by atoms with van der Waals surface area (Å²) >= 11 is 0. The van der Waals surface area contributed by atoms with Gasteiger partial charge in [0.2, 0.25) is 11.9 Å². The van der Waals surface area contributed by atoms with Crippen LogP contribution in [0.1, 0.15) is 19.3 Å². The van der Waals surface area contributed by atoms with Crippen molar-refractivity contribution in [3.05, 3.63) is 42.7 Å². The minimum atomic E-state index is -3.81. The van der Waals surface area contributed by atoms with Crippen LogP contribution in [0.25, 0.3) is 0 Å². The van der Waals surface area contributed by atoms with Gasteiger partial charge in [0.25, 0.3) is 10.0 Å². The molecule has 0 radical (unpaired) electrons. The summed E-state index contributed by atoms with van der Waals surface area (Å²) in [5, 5.41) is 11.5. The molecule has 1 aliphatic rings. The van der Waals surface area contributed by atoms with Gasteiger partial charge in [-0.15, -0.1) is 0 Å². The van der Waals surface area contributed by atoms with Crippen molar-refractivity contribution in [2.24, 2.45) is 5.92 Å². The average molecular weight is 414 g/mol. The standard InChI is InChI=1S/C19H22N6O3S/c20-9-1-12-25-13-7-15(8-14-25)18(26)23-16-3-5-17(6-4-16)29(27,28)24-19-21-10-2-11-22-19/h2-6,10-11,15H,1,7-8,12-14H2,(H,23,26)(H,21,22,24). The summed E-state index contributed by atoms with van der Waals surface area (Å²) in [6.45, 7) is 2.33. The highest BCUT2D eigenvalue weighted by atomic mass is 32.2.